The molecule has 0 saturated carbocycles. The van der Waals surface area contributed by atoms with E-state index in [4.69, 9.17) is 4.74 Å². The van der Waals surface area contributed by atoms with Crippen LogP contribution in [0.25, 0.3) is 0 Å². The smallest absolute Gasteiger partial charge is 0.118 e. The van der Waals surface area contributed by atoms with Gasteiger partial charge in [-0.2, -0.15) is 0 Å². The summed E-state index contributed by atoms with van der Waals surface area (Å²) in [5.41, 5.74) is 3.61. The predicted molar refractivity (Wildman–Crippen MR) is 69.8 cm³/mol. The summed E-state index contributed by atoms with van der Waals surface area (Å²) >= 11 is 0. The molecule has 92 valence electrons. The van der Waals surface area contributed by atoms with Crippen molar-refractivity contribution in [1.29, 1.82) is 0 Å². The topological polar surface area (TPSA) is 41.5 Å². The number of phenols is 1. The van der Waals surface area contributed by atoms with E-state index < -0.39 is 0 Å². The average molecular weight is 241 g/mol. The molecule has 1 atom stereocenters. The van der Waals surface area contributed by atoms with Gasteiger partial charge in [0.15, 0.2) is 0 Å². The van der Waals surface area contributed by atoms with Crippen LogP contribution in [0.1, 0.15) is 22.7 Å². The van der Waals surface area contributed by atoms with Gasteiger partial charge in [0.25, 0.3) is 0 Å². The largest absolute Gasteiger partial charge is 0.508 e. The molecule has 0 radical (unpaired) electrons. The number of methoxy groups -OCH3 is 1. The second-order valence-electron chi connectivity index (χ2n) is 4.47. The fourth-order valence-electron chi connectivity index (χ4n) is 2.44. The Kier molecular flexibility index (Phi) is 2.68. The molecule has 0 saturated heterocycles. The van der Waals surface area contributed by atoms with Crippen LogP contribution in [0.5, 0.6) is 11.5 Å². The molecule has 2 N–H and O–H groups in total. The molecule has 2 aromatic rings. The number of hydrogen-bond donors (Lipinski definition) is 2. The normalized spacial score (nSPS) is 17.5. The Bertz CT molecular complexity index is 563. The summed E-state index contributed by atoms with van der Waals surface area (Å²) in [6, 6.07) is 13.8. The van der Waals surface area contributed by atoms with E-state index in [9.17, 15) is 5.11 Å². The molecule has 0 amide bonds. The summed E-state index contributed by atoms with van der Waals surface area (Å²) in [5.74, 6) is 1.19. The number of fused-ring (bicyclic) bond motifs is 1. The minimum absolute atomic E-state index is 0.200. The lowest BCUT2D eigenvalue weighted by Crippen LogP contribution is -2.13. The summed E-state index contributed by atoms with van der Waals surface area (Å²) in [6.45, 7) is 0.792. The number of nitrogens with one attached hydrogen (secondary N) is 1. The van der Waals surface area contributed by atoms with Crippen molar-refractivity contribution < 1.29 is 9.84 Å². The first-order valence-electron chi connectivity index (χ1n) is 5.97. The van der Waals surface area contributed by atoms with Gasteiger partial charge in [-0.25, -0.2) is 0 Å². The van der Waals surface area contributed by atoms with Crippen LogP contribution < -0.4 is 10.1 Å². The SMILES string of the molecule is COc1ccc(C2NCc3cc(O)ccc32)cc1. The van der Waals surface area contributed by atoms with Crippen LogP contribution in [-0.2, 0) is 6.54 Å². The highest BCUT2D eigenvalue weighted by molar-refractivity contribution is 5.45. The van der Waals surface area contributed by atoms with Crippen molar-refractivity contribution in [2.24, 2.45) is 0 Å². The van der Waals surface area contributed by atoms with Gasteiger partial charge in [-0.15, -0.1) is 0 Å². The van der Waals surface area contributed by atoms with Gasteiger partial charge < -0.3 is 15.2 Å². The molecule has 1 aliphatic heterocycles. The summed E-state index contributed by atoms with van der Waals surface area (Å²) in [7, 11) is 1.67. The van der Waals surface area contributed by atoms with Gasteiger partial charge in [-0.3, -0.25) is 0 Å². The molecule has 1 heterocycles. The summed E-state index contributed by atoms with van der Waals surface area (Å²) in [6.07, 6.45) is 0. The standard InChI is InChI=1S/C15H15NO2/c1-18-13-5-2-10(3-6-13)15-14-7-4-12(17)8-11(14)9-16-15/h2-8,15-17H,9H2,1H3. The number of hydrogen-bond acceptors (Lipinski definition) is 3. The first kappa shape index (κ1) is 11.1. The van der Waals surface area contributed by atoms with Crippen molar-refractivity contribution in [3.8, 4) is 11.5 Å². The van der Waals surface area contributed by atoms with Crippen LogP contribution in [0.2, 0.25) is 0 Å². The predicted octanol–water partition coefficient (Wildman–Crippen LogP) is 2.59. The molecule has 3 heteroatoms. The molecular formula is C15H15NO2. The van der Waals surface area contributed by atoms with E-state index in [0.29, 0.717) is 5.75 Å². The number of rotatable bonds is 2. The Hall–Kier alpha value is -2.00. The lowest BCUT2D eigenvalue weighted by atomic mass is 9.98. The van der Waals surface area contributed by atoms with Crippen molar-refractivity contribution in [3.63, 3.8) is 0 Å². The molecule has 1 unspecified atom stereocenters. The van der Waals surface area contributed by atoms with Crippen molar-refractivity contribution in [1.82, 2.24) is 5.32 Å². The minimum atomic E-state index is 0.200. The van der Waals surface area contributed by atoms with Crippen molar-refractivity contribution >= 4 is 0 Å². The molecule has 3 nitrogen and oxygen atoms in total. The third-order valence-corrected chi connectivity index (χ3v) is 3.38. The Morgan fingerprint density at radius 2 is 1.94 bits per heavy atom. The lowest BCUT2D eigenvalue weighted by Gasteiger charge is -2.13. The van der Waals surface area contributed by atoms with E-state index in [1.54, 1.807) is 13.2 Å². The molecule has 2 aromatic carbocycles. The highest BCUT2D eigenvalue weighted by Crippen LogP contribution is 2.33. The lowest BCUT2D eigenvalue weighted by molar-refractivity contribution is 0.414. The van der Waals surface area contributed by atoms with Gasteiger partial charge in [-0.05, 0) is 41.0 Å². The molecule has 1 aliphatic rings. The van der Waals surface area contributed by atoms with Crippen molar-refractivity contribution in [3.05, 3.63) is 59.2 Å². The average Bonchev–Trinajstić information content (AvgIpc) is 2.81. The van der Waals surface area contributed by atoms with Gasteiger partial charge in [-0.1, -0.05) is 18.2 Å². The fraction of sp³-hybridized carbons (Fsp3) is 0.200. The monoisotopic (exact) mass is 241 g/mol. The van der Waals surface area contributed by atoms with Crippen LogP contribution in [0.15, 0.2) is 42.5 Å². The maximum absolute atomic E-state index is 9.48. The van der Waals surface area contributed by atoms with Crippen LogP contribution in [0.4, 0.5) is 0 Å². The molecule has 0 aromatic heterocycles. The summed E-state index contributed by atoms with van der Waals surface area (Å²) in [4.78, 5) is 0. The number of benzene rings is 2. The van der Waals surface area contributed by atoms with E-state index in [1.807, 2.05) is 24.3 Å². The third-order valence-electron chi connectivity index (χ3n) is 3.38. The summed E-state index contributed by atoms with van der Waals surface area (Å²) in [5, 5.41) is 12.9. The highest BCUT2D eigenvalue weighted by atomic mass is 16.5. The van der Waals surface area contributed by atoms with E-state index in [-0.39, 0.29) is 6.04 Å². The Morgan fingerprint density at radius 1 is 1.17 bits per heavy atom. The summed E-state index contributed by atoms with van der Waals surface area (Å²) < 4.78 is 5.16. The van der Waals surface area contributed by atoms with E-state index >= 15 is 0 Å². The number of aromatic hydroxyl groups is 1. The van der Waals surface area contributed by atoms with Gasteiger partial charge in [0.1, 0.15) is 11.5 Å². The zero-order chi connectivity index (χ0) is 12.5. The van der Waals surface area contributed by atoms with Gasteiger partial charge in [0.05, 0.1) is 13.2 Å². The molecule has 0 spiro atoms. The molecule has 3 rings (SSSR count). The molecule has 0 aliphatic carbocycles. The Labute approximate surface area is 106 Å². The number of ether oxygens (including phenoxy) is 1. The van der Waals surface area contributed by atoms with E-state index in [2.05, 4.69) is 17.4 Å². The minimum Gasteiger partial charge on any atom is -0.508 e. The van der Waals surface area contributed by atoms with Crippen LogP contribution in [0.3, 0.4) is 0 Å². The number of phenolic OH excluding ortho intramolecular Hbond substituents is 1. The van der Waals surface area contributed by atoms with Gasteiger partial charge in [0, 0.05) is 6.54 Å². The first-order valence-corrected chi connectivity index (χ1v) is 5.97. The third kappa shape index (κ3) is 1.83. The van der Waals surface area contributed by atoms with E-state index in [1.165, 1.54) is 11.1 Å². The maximum atomic E-state index is 9.48. The van der Waals surface area contributed by atoms with Gasteiger partial charge >= 0.3 is 0 Å². The second kappa shape index (κ2) is 4.35. The molecular weight excluding hydrogens is 226 g/mol. The highest BCUT2D eigenvalue weighted by Gasteiger charge is 2.23. The zero-order valence-corrected chi connectivity index (χ0v) is 10.2. The maximum Gasteiger partial charge on any atom is 0.118 e. The van der Waals surface area contributed by atoms with E-state index in [0.717, 1.165) is 17.9 Å². The molecule has 0 bridgehead atoms. The quantitative estimate of drug-likeness (QED) is 0.849. The van der Waals surface area contributed by atoms with Gasteiger partial charge in [0.2, 0.25) is 0 Å². The van der Waals surface area contributed by atoms with Crippen molar-refractivity contribution in [2.45, 2.75) is 12.6 Å². The van der Waals surface area contributed by atoms with Crippen LogP contribution in [-0.4, -0.2) is 12.2 Å². The molecule has 0 fully saturated rings. The van der Waals surface area contributed by atoms with Crippen LogP contribution in [0, 0.1) is 0 Å². The zero-order valence-electron chi connectivity index (χ0n) is 10.2. The fourth-order valence-corrected chi connectivity index (χ4v) is 2.44. The molecule has 18 heavy (non-hydrogen) atoms. The Morgan fingerprint density at radius 3 is 2.67 bits per heavy atom. The second-order valence-corrected chi connectivity index (χ2v) is 4.47. The Balaban J connectivity index is 1.95. The first-order chi connectivity index (χ1) is 8.78. The van der Waals surface area contributed by atoms with Crippen LogP contribution >= 0.6 is 0 Å². The van der Waals surface area contributed by atoms with Crippen molar-refractivity contribution in [2.75, 3.05) is 7.11 Å².